The monoisotopic (exact) mass is 306 g/mol. The van der Waals surface area contributed by atoms with E-state index in [0.717, 1.165) is 7.11 Å². The van der Waals surface area contributed by atoms with Crippen molar-refractivity contribution in [3.8, 4) is 5.75 Å². The third-order valence-electron chi connectivity index (χ3n) is 2.55. The smallest absolute Gasteiger partial charge is 0.313 e. The lowest BCUT2D eigenvalue weighted by atomic mass is 10.0. The fourth-order valence-electron chi connectivity index (χ4n) is 1.67. The SMILES string of the molecule is COC(=O)CC1Oc2ccc(Br)cc2C1(F)F. The standard InChI is InChI=1S/C11H9BrF2O3/c1-16-10(15)5-9-11(13,14)7-4-6(12)2-3-8(7)17-9/h2-4,9H,5H2,1H3. The van der Waals surface area contributed by atoms with Crippen LogP contribution in [-0.4, -0.2) is 19.2 Å². The van der Waals surface area contributed by atoms with E-state index in [1.807, 2.05) is 0 Å². The summed E-state index contributed by atoms with van der Waals surface area (Å²) in [4.78, 5) is 11.0. The molecule has 1 heterocycles. The van der Waals surface area contributed by atoms with Gasteiger partial charge in [-0.05, 0) is 18.2 Å². The van der Waals surface area contributed by atoms with Crippen LogP contribution in [0.5, 0.6) is 5.75 Å². The number of rotatable bonds is 2. The van der Waals surface area contributed by atoms with Crippen LogP contribution in [0.4, 0.5) is 8.78 Å². The highest BCUT2D eigenvalue weighted by Gasteiger charge is 2.51. The molecule has 0 aromatic heterocycles. The van der Waals surface area contributed by atoms with Gasteiger partial charge in [0, 0.05) is 4.47 Å². The predicted molar refractivity (Wildman–Crippen MR) is 59.1 cm³/mol. The Kier molecular flexibility index (Phi) is 3.07. The van der Waals surface area contributed by atoms with Gasteiger partial charge in [0.05, 0.1) is 19.1 Å². The van der Waals surface area contributed by atoms with Gasteiger partial charge in [-0.3, -0.25) is 4.79 Å². The maximum absolute atomic E-state index is 13.9. The molecule has 1 aromatic carbocycles. The number of fused-ring (bicyclic) bond motifs is 1. The Hall–Kier alpha value is -1.17. The number of methoxy groups -OCH3 is 1. The van der Waals surface area contributed by atoms with Gasteiger partial charge in [-0.25, -0.2) is 0 Å². The third kappa shape index (κ3) is 2.13. The fraction of sp³-hybridized carbons (Fsp3) is 0.364. The Morgan fingerprint density at radius 1 is 1.59 bits per heavy atom. The van der Waals surface area contributed by atoms with E-state index >= 15 is 0 Å². The molecule has 0 bridgehead atoms. The number of ether oxygens (including phenoxy) is 2. The van der Waals surface area contributed by atoms with E-state index in [4.69, 9.17) is 4.74 Å². The summed E-state index contributed by atoms with van der Waals surface area (Å²) >= 11 is 3.12. The van der Waals surface area contributed by atoms with E-state index in [1.165, 1.54) is 12.1 Å². The zero-order valence-corrected chi connectivity index (χ0v) is 10.5. The molecule has 92 valence electrons. The quantitative estimate of drug-likeness (QED) is 0.788. The van der Waals surface area contributed by atoms with Crippen molar-refractivity contribution >= 4 is 21.9 Å². The number of carbonyl (C=O) groups is 1. The second kappa shape index (κ2) is 4.25. The number of benzene rings is 1. The van der Waals surface area contributed by atoms with Gasteiger partial charge < -0.3 is 9.47 Å². The van der Waals surface area contributed by atoms with Gasteiger partial charge in [-0.1, -0.05) is 15.9 Å². The maximum atomic E-state index is 13.9. The molecule has 1 aromatic rings. The fourth-order valence-corrected chi connectivity index (χ4v) is 2.03. The van der Waals surface area contributed by atoms with Gasteiger partial charge in [0.1, 0.15) is 5.75 Å². The van der Waals surface area contributed by atoms with Crippen molar-refractivity contribution < 1.29 is 23.0 Å². The largest absolute Gasteiger partial charge is 0.483 e. The van der Waals surface area contributed by atoms with E-state index in [2.05, 4.69) is 20.7 Å². The Morgan fingerprint density at radius 3 is 2.94 bits per heavy atom. The van der Waals surface area contributed by atoms with Crippen molar-refractivity contribution in [2.45, 2.75) is 18.4 Å². The molecule has 1 aliphatic rings. The first-order valence-corrected chi connectivity index (χ1v) is 5.65. The number of hydrogen-bond acceptors (Lipinski definition) is 3. The van der Waals surface area contributed by atoms with Crippen LogP contribution < -0.4 is 4.74 Å². The second-order valence-electron chi connectivity index (χ2n) is 3.65. The van der Waals surface area contributed by atoms with Crippen LogP contribution in [0.15, 0.2) is 22.7 Å². The molecule has 17 heavy (non-hydrogen) atoms. The van der Waals surface area contributed by atoms with Crippen molar-refractivity contribution in [3.05, 3.63) is 28.2 Å². The van der Waals surface area contributed by atoms with E-state index in [-0.39, 0.29) is 11.3 Å². The molecule has 3 nitrogen and oxygen atoms in total. The first kappa shape index (κ1) is 12.3. The molecule has 1 aliphatic heterocycles. The van der Waals surface area contributed by atoms with E-state index in [0.29, 0.717) is 4.47 Å². The number of alkyl halides is 2. The van der Waals surface area contributed by atoms with Gasteiger partial charge >= 0.3 is 11.9 Å². The average Bonchev–Trinajstić information content (AvgIpc) is 2.52. The van der Waals surface area contributed by atoms with E-state index in [1.54, 1.807) is 6.07 Å². The summed E-state index contributed by atoms with van der Waals surface area (Å²) in [6.07, 6.45) is -1.98. The molecule has 0 N–H and O–H groups in total. The highest BCUT2D eigenvalue weighted by Crippen LogP contribution is 2.47. The first-order chi connectivity index (χ1) is 7.95. The molecule has 0 saturated heterocycles. The third-order valence-corrected chi connectivity index (χ3v) is 3.05. The number of esters is 1. The summed E-state index contributed by atoms with van der Waals surface area (Å²) in [5.41, 5.74) is -0.208. The minimum Gasteiger partial charge on any atom is -0.483 e. The normalized spacial score (nSPS) is 20.6. The topological polar surface area (TPSA) is 35.5 Å². The molecular weight excluding hydrogens is 298 g/mol. The molecule has 0 aliphatic carbocycles. The van der Waals surface area contributed by atoms with E-state index < -0.39 is 24.4 Å². The van der Waals surface area contributed by atoms with Crippen molar-refractivity contribution in [2.75, 3.05) is 7.11 Å². The number of carbonyl (C=O) groups excluding carboxylic acids is 1. The van der Waals surface area contributed by atoms with Crippen LogP contribution in [0.2, 0.25) is 0 Å². The average molecular weight is 307 g/mol. The van der Waals surface area contributed by atoms with Gasteiger partial charge in [0.25, 0.3) is 0 Å². The first-order valence-electron chi connectivity index (χ1n) is 4.86. The summed E-state index contributed by atoms with van der Waals surface area (Å²) in [7, 11) is 1.15. The maximum Gasteiger partial charge on any atom is 0.313 e. The van der Waals surface area contributed by atoms with Gasteiger partial charge in [-0.15, -0.1) is 0 Å². The summed E-state index contributed by atoms with van der Waals surface area (Å²) in [6.45, 7) is 0. The molecule has 0 saturated carbocycles. The van der Waals surface area contributed by atoms with Gasteiger partial charge in [0.15, 0.2) is 6.10 Å². The molecule has 0 radical (unpaired) electrons. The van der Waals surface area contributed by atoms with Crippen LogP contribution in [-0.2, 0) is 15.5 Å². The van der Waals surface area contributed by atoms with E-state index in [9.17, 15) is 13.6 Å². The van der Waals surface area contributed by atoms with Crippen molar-refractivity contribution in [1.29, 1.82) is 0 Å². The molecular formula is C11H9BrF2O3. The lowest BCUT2D eigenvalue weighted by Gasteiger charge is -2.16. The molecule has 6 heteroatoms. The van der Waals surface area contributed by atoms with Crippen molar-refractivity contribution in [2.24, 2.45) is 0 Å². The lowest BCUT2D eigenvalue weighted by molar-refractivity contribution is -0.148. The Balaban J connectivity index is 2.30. The predicted octanol–water partition coefficient (Wildman–Crippen LogP) is 2.87. The second-order valence-corrected chi connectivity index (χ2v) is 4.57. The van der Waals surface area contributed by atoms with Crippen molar-refractivity contribution in [3.63, 3.8) is 0 Å². The van der Waals surface area contributed by atoms with Crippen molar-refractivity contribution in [1.82, 2.24) is 0 Å². The highest BCUT2D eigenvalue weighted by molar-refractivity contribution is 9.10. The minimum absolute atomic E-state index is 0.104. The number of hydrogen-bond donors (Lipinski definition) is 0. The minimum atomic E-state index is -3.19. The Morgan fingerprint density at radius 2 is 2.29 bits per heavy atom. The van der Waals surface area contributed by atoms with Gasteiger partial charge in [-0.2, -0.15) is 8.78 Å². The Labute approximate surface area is 105 Å². The van der Waals surface area contributed by atoms with Crippen LogP contribution in [0.3, 0.4) is 0 Å². The molecule has 0 spiro atoms. The summed E-state index contributed by atoms with van der Waals surface area (Å²) in [6, 6.07) is 4.35. The zero-order valence-electron chi connectivity index (χ0n) is 8.88. The zero-order chi connectivity index (χ0) is 12.6. The summed E-state index contributed by atoms with van der Waals surface area (Å²) in [5.74, 6) is -3.80. The Bertz CT molecular complexity index is 462. The van der Waals surface area contributed by atoms with Crippen LogP contribution >= 0.6 is 15.9 Å². The molecule has 1 unspecified atom stereocenters. The lowest BCUT2D eigenvalue weighted by Crippen LogP contribution is -2.32. The van der Waals surface area contributed by atoms with Crippen LogP contribution in [0, 0.1) is 0 Å². The molecule has 0 fully saturated rings. The molecule has 0 amide bonds. The molecule has 1 atom stereocenters. The van der Waals surface area contributed by atoms with Crippen LogP contribution in [0.1, 0.15) is 12.0 Å². The van der Waals surface area contributed by atoms with Crippen LogP contribution in [0.25, 0.3) is 0 Å². The molecule has 2 rings (SSSR count). The summed E-state index contributed by atoms with van der Waals surface area (Å²) < 4.78 is 37.8. The highest BCUT2D eigenvalue weighted by atomic mass is 79.9. The summed E-state index contributed by atoms with van der Waals surface area (Å²) in [5, 5.41) is 0. The number of halogens is 3. The van der Waals surface area contributed by atoms with Gasteiger partial charge in [0.2, 0.25) is 0 Å².